The van der Waals surface area contributed by atoms with Gasteiger partial charge in [-0.25, -0.2) is 0 Å². The number of aromatic nitrogens is 2. The molecule has 29 heavy (non-hydrogen) atoms. The summed E-state index contributed by atoms with van der Waals surface area (Å²) in [6, 6.07) is 15.3. The molecule has 0 unspecified atom stereocenters. The lowest BCUT2D eigenvalue weighted by Gasteiger charge is -2.22. The van der Waals surface area contributed by atoms with Crippen molar-refractivity contribution in [2.24, 2.45) is 0 Å². The van der Waals surface area contributed by atoms with Crippen molar-refractivity contribution < 1.29 is 13.9 Å². The fraction of sp³-hybridized carbons (Fsp3) is 0.286. The molecule has 1 aliphatic carbocycles. The molecule has 0 spiro atoms. The number of hydrogen-bond acceptors (Lipinski definition) is 6. The van der Waals surface area contributed by atoms with Gasteiger partial charge in [-0.3, -0.25) is 4.79 Å². The van der Waals surface area contributed by atoms with Crippen molar-refractivity contribution in [1.29, 1.82) is 0 Å². The summed E-state index contributed by atoms with van der Waals surface area (Å²) in [5, 5.41) is 9.05. The molecule has 0 radical (unpaired) electrons. The van der Waals surface area contributed by atoms with Crippen molar-refractivity contribution >= 4 is 29.3 Å². The molecule has 0 N–H and O–H groups in total. The molecule has 1 aromatic heterocycles. The van der Waals surface area contributed by atoms with Gasteiger partial charge in [-0.15, -0.1) is 10.2 Å². The number of halogens is 1. The number of methoxy groups -OCH3 is 1. The Balaban J connectivity index is 1.37. The Hall–Kier alpha value is -2.51. The van der Waals surface area contributed by atoms with Crippen LogP contribution in [-0.4, -0.2) is 39.9 Å². The molecule has 0 aliphatic heterocycles. The van der Waals surface area contributed by atoms with Gasteiger partial charge in [0.15, 0.2) is 0 Å². The molecule has 0 saturated heterocycles. The zero-order chi connectivity index (χ0) is 20.2. The summed E-state index contributed by atoms with van der Waals surface area (Å²) in [7, 11) is 1.64. The number of thioether (sulfide) groups is 1. The molecule has 8 heteroatoms. The summed E-state index contributed by atoms with van der Waals surface area (Å²) in [6.45, 7) is 0.589. The van der Waals surface area contributed by atoms with Gasteiger partial charge in [-0.1, -0.05) is 41.6 Å². The van der Waals surface area contributed by atoms with Crippen LogP contribution in [0.25, 0.3) is 11.5 Å². The summed E-state index contributed by atoms with van der Waals surface area (Å²) in [4.78, 5) is 14.8. The summed E-state index contributed by atoms with van der Waals surface area (Å²) in [5.74, 6) is 1.51. The van der Waals surface area contributed by atoms with Gasteiger partial charge in [0.1, 0.15) is 5.75 Å². The van der Waals surface area contributed by atoms with Crippen LogP contribution in [0.3, 0.4) is 0 Å². The highest BCUT2D eigenvalue weighted by atomic mass is 35.5. The van der Waals surface area contributed by atoms with Gasteiger partial charge >= 0.3 is 0 Å². The molecule has 1 heterocycles. The van der Waals surface area contributed by atoms with Crippen molar-refractivity contribution in [1.82, 2.24) is 15.1 Å². The summed E-state index contributed by atoms with van der Waals surface area (Å²) in [5.41, 5.74) is 1.83. The SMILES string of the molecule is COc1ccc(CN(C(=O)CSc2nnc(-c3cccc(Cl)c3)o2)C2CC2)cc1. The summed E-state index contributed by atoms with van der Waals surface area (Å²) in [6.07, 6.45) is 2.10. The maximum absolute atomic E-state index is 12.8. The van der Waals surface area contributed by atoms with Crippen molar-refractivity contribution in [3.8, 4) is 17.2 Å². The van der Waals surface area contributed by atoms with E-state index in [1.54, 1.807) is 19.2 Å². The molecule has 150 valence electrons. The van der Waals surface area contributed by atoms with Gasteiger partial charge in [0.2, 0.25) is 11.8 Å². The Morgan fingerprint density at radius 3 is 2.72 bits per heavy atom. The van der Waals surface area contributed by atoms with E-state index in [2.05, 4.69) is 10.2 Å². The minimum atomic E-state index is 0.0656. The monoisotopic (exact) mass is 429 g/mol. The van der Waals surface area contributed by atoms with E-state index in [9.17, 15) is 4.79 Å². The van der Waals surface area contributed by atoms with Crippen molar-refractivity contribution in [2.75, 3.05) is 12.9 Å². The quantitative estimate of drug-likeness (QED) is 0.484. The Bertz CT molecular complexity index is 989. The topological polar surface area (TPSA) is 68.5 Å². The zero-order valence-electron chi connectivity index (χ0n) is 15.9. The normalized spacial score (nSPS) is 13.3. The molecule has 4 rings (SSSR count). The van der Waals surface area contributed by atoms with Crippen LogP contribution >= 0.6 is 23.4 Å². The van der Waals surface area contributed by atoms with Gasteiger partial charge in [0.25, 0.3) is 5.22 Å². The molecule has 1 saturated carbocycles. The Labute approximate surface area is 178 Å². The van der Waals surface area contributed by atoms with Gasteiger partial charge in [0, 0.05) is 23.2 Å². The predicted octanol–water partition coefficient (Wildman–Crippen LogP) is 4.68. The number of benzene rings is 2. The molecule has 1 amide bonds. The summed E-state index contributed by atoms with van der Waals surface area (Å²) >= 11 is 7.26. The number of hydrogen-bond donors (Lipinski definition) is 0. The minimum absolute atomic E-state index is 0.0656. The third-order valence-corrected chi connectivity index (χ3v) is 5.66. The Morgan fingerprint density at radius 1 is 1.24 bits per heavy atom. The number of rotatable bonds is 8. The van der Waals surface area contributed by atoms with Gasteiger partial charge < -0.3 is 14.1 Å². The first-order chi connectivity index (χ1) is 14.1. The second kappa shape index (κ2) is 8.88. The number of carbonyl (C=O) groups excluding carboxylic acids is 1. The van der Waals surface area contributed by atoms with Crippen LogP contribution in [0.2, 0.25) is 5.02 Å². The molecule has 3 aromatic rings. The second-order valence-corrected chi connectivity index (χ2v) is 8.14. The van der Waals surface area contributed by atoms with E-state index in [-0.39, 0.29) is 11.7 Å². The zero-order valence-corrected chi connectivity index (χ0v) is 17.4. The van der Waals surface area contributed by atoms with E-state index in [1.165, 1.54) is 11.8 Å². The number of ether oxygens (including phenoxy) is 1. The standard InChI is InChI=1S/C21H20ClN3O3S/c1-27-18-9-5-14(6-10-18)12-25(17-7-8-17)19(26)13-29-21-24-23-20(28-21)15-3-2-4-16(22)11-15/h2-6,9-11,17H,7-8,12-13H2,1H3. The van der Waals surface area contributed by atoms with Crippen LogP contribution in [-0.2, 0) is 11.3 Å². The first-order valence-corrected chi connectivity index (χ1v) is 10.6. The maximum atomic E-state index is 12.8. The Kier molecular flexibility index (Phi) is 6.06. The highest BCUT2D eigenvalue weighted by Gasteiger charge is 2.32. The first kappa shape index (κ1) is 19.8. The molecule has 2 aromatic carbocycles. The van der Waals surface area contributed by atoms with Gasteiger partial charge in [-0.05, 0) is 48.7 Å². The van der Waals surface area contributed by atoms with Crippen LogP contribution < -0.4 is 4.74 Å². The van der Waals surface area contributed by atoms with Gasteiger partial charge in [0.05, 0.1) is 12.9 Å². The average molecular weight is 430 g/mol. The maximum Gasteiger partial charge on any atom is 0.277 e. The first-order valence-electron chi connectivity index (χ1n) is 9.27. The molecule has 6 nitrogen and oxygen atoms in total. The number of carbonyl (C=O) groups is 1. The van der Waals surface area contributed by atoms with E-state index in [0.717, 1.165) is 29.7 Å². The molecule has 0 atom stereocenters. The fourth-order valence-corrected chi connectivity index (χ4v) is 3.79. The molecular formula is C21H20ClN3O3S. The lowest BCUT2D eigenvalue weighted by Crippen LogP contribution is -2.33. The minimum Gasteiger partial charge on any atom is -0.497 e. The van der Waals surface area contributed by atoms with Crippen LogP contribution in [0.4, 0.5) is 0 Å². The van der Waals surface area contributed by atoms with Crippen molar-refractivity contribution in [2.45, 2.75) is 30.7 Å². The van der Waals surface area contributed by atoms with E-state index >= 15 is 0 Å². The lowest BCUT2D eigenvalue weighted by atomic mass is 10.2. The van der Waals surface area contributed by atoms with Crippen molar-refractivity contribution in [3.05, 3.63) is 59.1 Å². The summed E-state index contributed by atoms with van der Waals surface area (Å²) < 4.78 is 10.9. The average Bonchev–Trinajstić information content (AvgIpc) is 3.47. The van der Waals surface area contributed by atoms with E-state index in [4.69, 9.17) is 20.8 Å². The third-order valence-electron chi connectivity index (χ3n) is 4.62. The molecule has 0 bridgehead atoms. The smallest absolute Gasteiger partial charge is 0.277 e. The Morgan fingerprint density at radius 2 is 2.03 bits per heavy atom. The number of amides is 1. The van der Waals surface area contributed by atoms with E-state index in [0.29, 0.717) is 28.7 Å². The predicted molar refractivity (Wildman–Crippen MR) is 112 cm³/mol. The second-order valence-electron chi connectivity index (χ2n) is 6.77. The third kappa shape index (κ3) is 5.10. The molecular weight excluding hydrogens is 410 g/mol. The fourth-order valence-electron chi connectivity index (χ4n) is 2.95. The van der Waals surface area contributed by atoms with E-state index in [1.807, 2.05) is 41.3 Å². The van der Waals surface area contributed by atoms with Crippen LogP contribution in [0.1, 0.15) is 18.4 Å². The highest BCUT2D eigenvalue weighted by Crippen LogP contribution is 2.30. The lowest BCUT2D eigenvalue weighted by molar-refractivity contribution is -0.129. The van der Waals surface area contributed by atoms with Crippen LogP contribution in [0.15, 0.2) is 58.2 Å². The van der Waals surface area contributed by atoms with Crippen molar-refractivity contribution in [3.63, 3.8) is 0 Å². The van der Waals surface area contributed by atoms with Crippen LogP contribution in [0, 0.1) is 0 Å². The highest BCUT2D eigenvalue weighted by molar-refractivity contribution is 7.99. The van der Waals surface area contributed by atoms with E-state index < -0.39 is 0 Å². The largest absolute Gasteiger partial charge is 0.497 e. The molecule has 1 fully saturated rings. The van der Waals surface area contributed by atoms with Crippen LogP contribution in [0.5, 0.6) is 5.75 Å². The van der Waals surface area contributed by atoms with Gasteiger partial charge in [-0.2, -0.15) is 0 Å². The molecule has 1 aliphatic rings. The number of nitrogens with zero attached hydrogens (tertiary/aromatic N) is 3.